The van der Waals surface area contributed by atoms with Crippen LogP contribution < -0.4 is 17.0 Å². The zero-order valence-corrected chi connectivity index (χ0v) is 15.4. The fraction of sp³-hybridized carbons (Fsp3) is 0.533. The third-order valence-electron chi connectivity index (χ3n) is 3.63. The predicted octanol–water partition coefficient (Wildman–Crippen LogP) is 0.291. The van der Waals surface area contributed by atoms with Crippen LogP contribution >= 0.6 is 11.8 Å². The van der Waals surface area contributed by atoms with Crippen LogP contribution in [0.15, 0.2) is 14.6 Å². The van der Waals surface area contributed by atoms with Crippen molar-refractivity contribution in [1.82, 2.24) is 19.1 Å². The molecule has 0 aliphatic heterocycles. The zero-order valence-electron chi connectivity index (χ0n) is 14.6. The molecular formula is C15H21N5O3S. The van der Waals surface area contributed by atoms with Gasteiger partial charge in [0, 0.05) is 19.5 Å². The highest BCUT2D eigenvalue weighted by Crippen LogP contribution is 2.29. The summed E-state index contributed by atoms with van der Waals surface area (Å²) < 4.78 is 2.31. The molecule has 0 saturated heterocycles. The Balaban J connectivity index is 2.94. The number of aromatic nitrogens is 4. The summed E-state index contributed by atoms with van der Waals surface area (Å²) in [4.78, 5) is 45.1. The Hall–Kier alpha value is -2.16. The van der Waals surface area contributed by atoms with Gasteiger partial charge in [0.15, 0.2) is 5.65 Å². The van der Waals surface area contributed by atoms with Crippen molar-refractivity contribution in [2.75, 3.05) is 0 Å². The van der Waals surface area contributed by atoms with E-state index in [0.717, 1.165) is 16.3 Å². The van der Waals surface area contributed by atoms with E-state index < -0.39 is 27.8 Å². The van der Waals surface area contributed by atoms with Crippen molar-refractivity contribution in [3.63, 3.8) is 0 Å². The summed E-state index contributed by atoms with van der Waals surface area (Å²) in [6, 6.07) is 0. The second-order valence-electron chi connectivity index (χ2n) is 6.67. The SMILES string of the molecule is CC(Sc1nc(C(C)(C)C)nc2c1c(=O)n(C)c(=O)n2C)C(N)=O. The van der Waals surface area contributed by atoms with E-state index in [1.165, 1.54) is 11.6 Å². The first-order valence-corrected chi connectivity index (χ1v) is 8.27. The highest BCUT2D eigenvalue weighted by Gasteiger charge is 2.25. The van der Waals surface area contributed by atoms with E-state index in [-0.39, 0.29) is 11.0 Å². The molecule has 0 bridgehead atoms. The summed E-state index contributed by atoms with van der Waals surface area (Å²) in [7, 11) is 2.95. The fourth-order valence-electron chi connectivity index (χ4n) is 2.08. The minimum absolute atomic E-state index is 0.214. The van der Waals surface area contributed by atoms with Gasteiger partial charge in [0.05, 0.1) is 5.25 Å². The summed E-state index contributed by atoms with van der Waals surface area (Å²) in [6.07, 6.45) is 0. The van der Waals surface area contributed by atoms with Gasteiger partial charge in [0.1, 0.15) is 16.2 Å². The van der Waals surface area contributed by atoms with Gasteiger partial charge in [-0.25, -0.2) is 14.8 Å². The van der Waals surface area contributed by atoms with Gasteiger partial charge in [-0.15, -0.1) is 0 Å². The Morgan fingerprint density at radius 2 is 1.75 bits per heavy atom. The third kappa shape index (κ3) is 3.08. The number of carbonyl (C=O) groups excluding carboxylic acids is 1. The number of amides is 1. The summed E-state index contributed by atoms with van der Waals surface area (Å²) in [5, 5.41) is -0.00372. The number of hydrogen-bond donors (Lipinski definition) is 1. The molecule has 0 aromatic carbocycles. The second-order valence-corrected chi connectivity index (χ2v) is 8.00. The van der Waals surface area contributed by atoms with E-state index in [1.807, 2.05) is 20.8 Å². The van der Waals surface area contributed by atoms with Crippen molar-refractivity contribution in [1.29, 1.82) is 0 Å². The van der Waals surface area contributed by atoms with Crippen molar-refractivity contribution in [3.05, 3.63) is 26.7 Å². The van der Waals surface area contributed by atoms with Gasteiger partial charge in [0.2, 0.25) is 5.91 Å². The molecule has 2 rings (SSSR count). The lowest BCUT2D eigenvalue weighted by molar-refractivity contribution is -0.117. The maximum Gasteiger partial charge on any atom is 0.332 e. The van der Waals surface area contributed by atoms with Crippen LogP contribution in [0.25, 0.3) is 11.0 Å². The molecule has 1 amide bonds. The number of rotatable bonds is 3. The fourth-order valence-corrected chi connectivity index (χ4v) is 2.96. The number of nitrogens with two attached hydrogens (primary N) is 1. The molecule has 0 radical (unpaired) electrons. The number of nitrogens with zero attached hydrogens (tertiary/aromatic N) is 4. The van der Waals surface area contributed by atoms with Crippen LogP contribution in [0.4, 0.5) is 0 Å². The number of aryl methyl sites for hydroxylation is 1. The topological polar surface area (TPSA) is 113 Å². The van der Waals surface area contributed by atoms with Crippen molar-refractivity contribution in [3.8, 4) is 0 Å². The minimum atomic E-state index is -0.571. The van der Waals surface area contributed by atoms with Gasteiger partial charge in [-0.1, -0.05) is 32.5 Å². The molecule has 24 heavy (non-hydrogen) atoms. The van der Waals surface area contributed by atoms with Crippen LogP contribution in [-0.2, 0) is 24.3 Å². The maximum absolute atomic E-state index is 12.6. The molecule has 8 nitrogen and oxygen atoms in total. The van der Waals surface area contributed by atoms with E-state index in [2.05, 4.69) is 9.97 Å². The predicted molar refractivity (Wildman–Crippen MR) is 93.2 cm³/mol. The van der Waals surface area contributed by atoms with Crippen molar-refractivity contribution < 1.29 is 4.79 Å². The Labute approximate surface area is 143 Å². The first-order valence-electron chi connectivity index (χ1n) is 7.39. The molecule has 9 heteroatoms. The Morgan fingerprint density at radius 1 is 1.17 bits per heavy atom. The lowest BCUT2D eigenvalue weighted by Gasteiger charge is -2.20. The normalized spacial score (nSPS) is 13.2. The lowest BCUT2D eigenvalue weighted by Crippen LogP contribution is -2.38. The van der Waals surface area contributed by atoms with Crippen molar-refractivity contribution >= 4 is 28.7 Å². The van der Waals surface area contributed by atoms with Gasteiger partial charge in [-0.05, 0) is 6.92 Å². The number of thioether (sulfide) groups is 1. The first kappa shape index (κ1) is 18.2. The highest BCUT2D eigenvalue weighted by atomic mass is 32.2. The Morgan fingerprint density at radius 3 is 2.25 bits per heavy atom. The molecule has 2 aromatic rings. The summed E-state index contributed by atoms with van der Waals surface area (Å²) in [6.45, 7) is 7.43. The van der Waals surface area contributed by atoms with Crippen molar-refractivity contribution in [2.45, 2.75) is 43.4 Å². The third-order valence-corrected chi connectivity index (χ3v) is 4.73. The Bertz CT molecular complexity index is 939. The monoisotopic (exact) mass is 351 g/mol. The zero-order chi connectivity index (χ0) is 18.4. The van der Waals surface area contributed by atoms with E-state index >= 15 is 0 Å². The summed E-state index contributed by atoms with van der Waals surface area (Å²) in [5.41, 5.74) is 4.23. The second kappa shape index (κ2) is 6.04. The molecule has 0 spiro atoms. The van der Waals surface area contributed by atoms with Gasteiger partial charge in [-0.2, -0.15) is 0 Å². The van der Waals surface area contributed by atoms with Crippen LogP contribution in [-0.4, -0.2) is 30.3 Å². The quantitative estimate of drug-likeness (QED) is 0.628. The van der Waals surface area contributed by atoms with Gasteiger partial charge in [0.25, 0.3) is 5.56 Å². The molecule has 1 unspecified atom stereocenters. The number of primary amides is 1. The van der Waals surface area contributed by atoms with Crippen LogP contribution in [0.3, 0.4) is 0 Å². The van der Waals surface area contributed by atoms with Crippen LogP contribution in [0, 0.1) is 0 Å². The molecule has 2 aromatic heterocycles. The molecule has 0 aliphatic rings. The van der Waals surface area contributed by atoms with E-state index in [4.69, 9.17) is 5.73 Å². The molecule has 2 heterocycles. The molecule has 2 N–H and O–H groups in total. The van der Waals surface area contributed by atoms with Gasteiger partial charge in [-0.3, -0.25) is 18.7 Å². The largest absolute Gasteiger partial charge is 0.369 e. The van der Waals surface area contributed by atoms with Gasteiger partial charge < -0.3 is 5.73 Å². The number of carbonyl (C=O) groups is 1. The minimum Gasteiger partial charge on any atom is -0.369 e. The Kier molecular flexibility index (Phi) is 4.58. The average molecular weight is 351 g/mol. The number of fused-ring (bicyclic) bond motifs is 1. The van der Waals surface area contributed by atoms with Crippen LogP contribution in [0.2, 0.25) is 0 Å². The lowest BCUT2D eigenvalue weighted by atomic mass is 9.96. The molecule has 130 valence electrons. The van der Waals surface area contributed by atoms with E-state index in [0.29, 0.717) is 10.9 Å². The van der Waals surface area contributed by atoms with Crippen LogP contribution in [0.5, 0.6) is 0 Å². The first-order chi connectivity index (χ1) is 10.9. The molecular weight excluding hydrogens is 330 g/mol. The van der Waals surface area contributed by atoms with Crippen molar-refractivity contribution in [2.24, 2.45) is 19.8 Å². The van der Waals surface area contributed by atoms with E-state index in [1.54, 1.807) is 14.0 Å². The number of hydrogen-bond acceptors (Lipinski definition) is 6. The smallest absolute Gasteiger partial charge is 0.332 e. The standard InChI is InChI=1S/C15H21N5O3S/c1-7(9(16)21)24-11-8-10(17-13(18-11)15(2,3)4)19(5)14(23)20(6)12(8)22/h7H,1-6H3,(H2,16,21). The van der Waals surface area contributed by atoms with Gasteiger partial charge >= 0.3 is 5.69 Å². The summed E-state index contributed by atoms with van der Waals surface area (Å²) >= 11 is 1.09. The van der Waals surface area contributed by atoms with E-state index in [9.17, 15) is 14.4 Å². The maximum atomic E-state index is 12.6. The summed E-state index contributed by atoms with van der Waals surface area (Å²) in [5.74, 6) is -0.0249. The molecule has 0 fully saturated rings. The molecule has 0 aliphatic carbocycles. The average Bonchev–Trinajstić information content (AvgIpc) is 2.49. The molecule has 0 saturated carbocycles. The van der Waals surface area contributed by atoms with Crippen LogP contribution in [0.1, 0.15) is 33.5 Å². The highest BCUT2D eigenvalue weighted by molar-refractivity contribution is 8.00. The molecule has 1 atom stereocenters.